The lowest BCUT2D eigenvalue weighted by Gasteiger charge is -2.41. The largest absolute Gasteiger partial charge is 0.316 e. The maximum Gasteiger partial charge on any atom is -0.00151 e. The summed E-state index contributed by atoms with van der Waals surface area (Å²) in [6.45, 7) is 4.79. The van der Waals surface area contributed by atoms with Crippen LogP contribution in [0, 0.1) is 11.3 Å². The van der Waals surface area contributed by atoms with Gasteiger partial charge in [0.05, 0.1) is 0 Å². The summed E-state index contributed by atoms with van der Waals surface area (Å²) < 4.78 is 0. The van der Waals surface area contributed by atoms with E-state index in [1.54, 1.807) is 11.1 Å². The predicted octanol–water partition coefficient (Wildman–Crippen LogP) is 2.79. The Morgan fingerprint density at radius 2 is 1.94 bits per heavy atom. The number of hydrogen-bond donors (Lipinski definition) is 1. The Kier molecular flexibility index (Phi) is 2.51. The Balaban J connectivity index is 1.91. The fourth-order valence-electron chi connectivity index (χ4n) is 3.80. The van der Waals surface area contributed by atoms with E-state index >= 15 is 0 Å². The van der Waals surface area contributed by atoms with Crippen molar-refractivity contribution in [1.82, 2.24) is 5.32 Å². The molecule has 1 atom stereocenters. The average Bonchev–Trinajstić information content (AvgIpc) is 2.68. The van der Waals surface area contributed by atoms with Gasteiger partial charge >= 0.3 is 0 Å². The number of nitrogens with one attached hydrogen (secondary N) is 1. The normalized spacial score (nSPS) is 26.9. The zero-order valence-electron chi connectivity index (χ0n) is 10.1. The third-order valence-corrected chi connectivity index (χ3v) is 4.75. The fourth-order valence-corrected chi connectivity index (χ4v) is 3.80. The molecule has 1 fully saturated rings. The summed E-state index contributed by atoms with van der Waals surface area (Å²) in [5.74, 6) is 0.869. The SMILES string of the molecule is CCC1CNCCC12Cc1ccccc1C2. The summed E-state index contributed by atoms with van der Waals surface area (Å²) in [7, 11) is 0. The summed E-state index contributed by atoms with van der Waals surface area (Å²) >= 11 is 0. The van der Waals surface area contributed by atoms with Crippen molar-refractivity contribution < 1.29 is 0 Å². The molecule has 1 aromatic carbocycles. The minimum Gasteiger partial charge on any atom is -0.316 e. The minimum absolute atomic E-state index is 0.587. The number of fused-ring (bicyclic) bond motifs is 1. The van der Waals surface area contributed by atoms with Crippen LogP contribution in [0.15, 0.2) is 24.3 Å². The molecule has 1 aliphatic carbocycles. The average molecular weight is 215 g/mol. The van der Waals surface area contributed by atoms with Gasteiger partial charge < -0.3 is 5.32 Å². The highest BCUT2D eigenvalue weighted by Gasteiger charge is 2.43. The van der Waals surface area contributed by atoms with Crippen molar-refractivity contribution in [1.29, 1.82) is 0 Å². The smallest absolute Gasteiger partial charge is 0.00151 e. The first kappa shape index (κ1) is 10.3. The predicted molar refractivity (Wildman–Crippen MR) is 67.6 cm³/mol. The Morgan fingerprint density at radius 3 is 2.56 bits per heavy atom. The molecule has 0 saturated carbocycles. The van der Waals surface area contributed by atoms with E-state index in [-0.39, 0.29) is 0 Å². The first-order valence-corrected chi connectivity index (χ1v) is 6.61. The molecule has 3 rings (SSSR count). The van der Waals surface area contributed by atoms with Gasteiger partial charge in [-0.2, -0.15) is 0 Å². The summed E-state index contributed by atoms with van der Waals surface area (Å²) in [5.41, 5.74) is 3.81. The maximum absolute atomic E-state index is 3.56. The van der Waals surface area contributed by atoms with Crippen molar-refractivity contribution in [2.45, 2.75) is 32.6 Å². The number of rotatable bonds is 1. The molecular formula is C15H21N. The zero-order valence-corrected chi connectivity index (χ0v) is 10.1. The Bertz CT molecular complexity index is 358. The summed E-state index contributed by atoms with van der Waals surface area (Å²) in [6, 6.07) is 9.05. The van der Waals surface area contributed by atoms with Gasteiger partial charge in [-0.1, -0.05) is 37.6 Å². The number of piperidine rings is 1. The quantitative estimate of drug-likeness (QED) is 0.759. The molecule has 1 unspecified atom stereocenters. The van der Waals surface area contributed by atoms with E-state index in [1.165, 1.54) is 38.8 Å². The van der Waals surface area contributed by atoms with Gasteiger partial charge in [-0.05, 0) is 54.8 Å². The van der Waals surface area contributed by atoms with Gasteiger partial charge in [0.1, 0.15) is 0 Å². The van der Waals surface area contributed by atoms with Crippen LogP contribution in [0.25, 0.3) is 0 Å². The second-order valence-corrected chi connectivity index (χ2v) is 5.54. The third-order valence-electron chi connectivity index (χ3n) is 4.75. The van der Waals surface area contributed by atoms with Crippen LogP contribution in [0.3, 0.4) is 0 Å². The van der Waals surface area contributed by atoms with E-state index in [0.29, 0.717) is 5.41 Å². The Morgan fingerprint density at radius 1 is 1.25 bits per heavy atom. The van der Waals surface area contributed by atoms with Crippen LogP contribution in [0.5, 0.6) is 0 Å². The molecule has 1 spiro atoms. The first-order chi connectivity index (χ1) is 7.84. The Labute approximate surface area is 98.3 Å². The molecule has 1 heteroatoms. The summed E-state index contributed by atoms with van der Waals surface area (Å²) in [6.07, 6.45) is 5.33. The molecule has 1 N–H and O–H groups in total. The molecule has 0 amide bonds. The van der Waals surface area contributed by atoms with Crippen LogP contribution < -0.4 is 5.32 Å². The number of benzene rings is 1. The first-order valence-electron chi connectivity index (χ1n) is 6.61. The molecule has 1 aliphatic heterocycles. The van der Waals surface area contributed by atoms with E-state index in [2.05, 4.69) is 36.5 Å². The van der Waals surface area contributed by atoms with Crippen molar-refractivity contribution in [3.63, 3.8) is 0 Å². The van der Waals surface area contributed by atoms with E-state index in [4.69, 9.17) is 0 Å². The monoisotopic (exact) mass is 215 g/mol. The second-order valence-electron chi connectivity index (χ2n) is 5.54. The van der Waals surface area contributed by atoms with Crippen molar-refractivity contribution in [3.05, 3.63) is 35.4 Å². The standard InChI is InChI=1S/C15H21N/c1-2-14-11-16-8-7-15(14)9-12-5-3-4-6-13(12)10-15/h3-6,14,16H,2,7-11H2,1H3. The van der Waals surface area contributed by atoms with Crippen LogP contribution in [0.4, 0.5) is 0 Å². The summed E-state index contributed by atoms with van der Waals surface area (Å²) in [5, 5.41) is 3.56. The van der Waals surface area contributed by atoms with Crippen LogP contribution >= 0.6 is 0 Å². The van der Waals surface area contributed by atoms with Crippen LogP contribution in [0.2, 0.25) is 0 Å². The van der Waals surface area contributed by atoms with Gasteiger partial charge in [-0.3, -0.25) is 0 Å². The van der Waals surface area contributed by atoms with E-state index < -0.39 is 0 Å². The molecular weight excluding hydrogens is 194 g/mol. The molecule has 1 aromatic rings. The van der Waals surface area contributed by atoms with Crippen molar-refractivity contribution in [3.8, 4) is 0 Å². The van der Waals surface area contributed by atoms with Gasteiger partial charge in [0.25, 0.3) is 0 Å². The van der Waals surface area contributed by atoms with E-state index in [0.717, 1.165) is 5.92 Å². The fraction of sp³-hybridized carbons (Fsp3) is 0.600. The minimum atomic E-state index is 0.587. The second kappa shape index (κ2) is 3.89. The van der Waals surface area contributed by atoms with Crippen LogP contribution in [-0.2, 0) is 12.8 Å². The van der Waals surface area contributed by atoms with Crippen molar-refractivity contribution in [2.24, 2.45) is 11.3 Å². The molecule has 16 heavy (non-hydrogen) atoms. The molecule has 0 radical (unpaired) electrons. The highest BCUT2D eigenvalue weighted by Crippen LogP contribution is 2.47. The number of hydrogen-bond acceptors (Lipinski definition) is 1. The highest BCUT2D eigenvalue weighted by molar-refractivity contribution is 5.35. The van der Waals surface area contributed by atoms with Crippen molar-refractivity contribution in [2.75, 3.05) is 13.1 Å². The lowest BCUT2D eigenvalue weighted by atomic mass is 9.67. The van der Waals surface area contributed by atoms with E-state index in [9.17, 15) is 0 Å². The molecule has 1 nitrogen and oxygen atoms in total. The van der Waals surface area contributed by atoms with Gasteiger partial charge in [0.2, 0.25) is 0 Å². The van der Waals surface area contributed by atoms with Crippen LogP contribution in [-0.4, -0.2) is 13.1 Å². The molecule has 1 saturated heterocycles. The lowest BCUT2D eigenvalue weighted by Crippen LogP contribution is -2.45. The van der Waals surface area contributed by atoms with Crippen LogP contribution in [0.1, 0.15) is 30.9 Å². The van der Waals surface area contributed by atoms with E-state index in [1.807, 2.05) is 0 Å². The molecule has 0 bridgehead atoms. The Hall–Kier alpha value is -0.820. The van der Waals surface area contributed by atoms with Gasteiger partial charge in [-0.25, -0.2) is 0 Å². The van der Waals surface area contributed by atoms with Crippen molar-refractivity contribution >= 4 is 0 Å². The summed E-state index contributed by atoms with van der Waals surface area (Å²) in [4.78, 5) is 0. The molecule has 2 aliphatic rings. The lowest BCUT2D eigenvalue weighted by molar-refractivity contribution is 0.115. The topological polar surface area (TPSA) is 12.0 Å². The molecule has 0 aromatic heterocycles. The highest BCUT2D eigenvalue weighted by atomic mass is 14.9. The van der Waals surface area contributed by atoms with Gasteiger partial charge in [-0.15, -0.1) is 0 Å². The zero-order chi connectivity index (χ0) is 11.0. The molecule has 86 valence electrons. The van der Waals surface area contributed by atoms with Gasteiger partial charge in [0.15, 0.2) is 0 Å². The van der Waals surface area contributed by atoms with Gasteiger partial charge in [0, 0.05) is 0 Å². The molecule has 1 heterocycles. The maximum atomic E-state index is 3.56. The third kappa shape index (κ3) is 1.49.